The zero-order chi connectivity index (χ0) is 14.0. The molecule has 0 spiro atoms. The van der Waals surface area contributed by atoms with Gasteiger partial charge in [-0.25, -0.2) is 0 Å². The Kier molecular flexibility index (Phi) is 3.92. The predicted octanol–water partition coefficient (Wildman–Crippen LogP) is 0.249. The number of benzene rings is 1. The van der Waals surface area contributed by atoms with Crippen molar-refractivity contribution in [3.05, 3.63) is 28.8 Å². The molecule has 0 bridgehead atoms. The zero-order valence-corrected chi connectivity index (χ0v) is 10.9. The predicted molar refractivity (Wildman–Crippen MR) is 70.7 cm³/mol. The lowest BCUT2D eigenvalue weighted by Gasteiger charge is -2.33. The van der Waals surface area contributed by atoms with Crippen molar-refractivity contribution in [2.75, 3.05) is 25.5 Å². The van der Waals surface area contributed by atoms with E-state index in [0.717, 1.165) is 0 Å². The third-order valence-corrected chi connectivity index (χ3v) is 3.30. The van der Waals surface area contributed by atoms with Crippen molar-refractivity contribution in [3.8, 4) is 0 Å². The normalized spacial score (nSPS) is 19.2. The van der Waals surface area contributed by atoms with Crippen molar-refractivity contribution >= 4 is 29.1 Å². The highest BCUT2D eigenvalue weighted by molar-refractivity contribution is 6.33. The summed E-state index contributed by atoms with van der Waals surface area (Å²) in [5, 5.41) is 0.380. The smallest absolute Gasteiger partial charge is 0.254 e. The lowest BCUT2D eigenvalue weighted by atomic mass is 10.1. The average molecular weight is 284 g/mol. The Morgan fingerprint density at radius 1 is 1.42 bits per heavy atom. The average Bonchev–Trinajstić information content (AvgIpc) is 2.41. The molecule has 6 nitrogen and oxygen atoms in total. The Bertz CT molecular complexity index is 521. The molecule has 2 rings (SSSR count). The third kappa shape index (κ3) is 2.80. The summed E-state index contributed by atoms with van der Waals surface area (Å²) in [7, 11) is 0. The first-order chi connectivity index (χ1) is 9.00. The molecule has 7 heteroatoms. The van der Waals surface area contributed by atoms with Crippen LogP contribution >= 0.6 is 11.6 Å². The maximum atomic E-state index is 12.3. The van der Waals surface area contributed by atoms with Crippen LogP contribution in [0.15, 0.2) is 18.2 Å². The molecule has 1 aromatic carbocycles. The maximum absolute atomic E-state index is 12.3. The second-order valence-corrected chi connectivity index (χ2v) is 4.64. The van der Waals surface area contributed by atoms with Crippen LogP contribution in [0.3, 0.4) is 0 Å². The quantitative estimate of drug-likeness (QED) is 0.760. The Morgan fingerprint density at radius 2 is 2.16 bits per heavy atom. The summed E-state index contributed by atoms with van der Waals surface area (Å²) in [5.74, 6) is -0.898. The summed E-state index contributed by atoms with van der Waals surface area (Å²) in [6, 6.07) is 3.84. The van der Waals surface area contributed by atoms with E-state index < -0.39 is 11.9 Å². The molecule has 0 saturated carbocycles. The van der Waals surface area contributed by atoms with E-state index in [1.54, 1.807) is 12.1 Å². The Morgan fingerprint density at radius 3 is 2.79 bits per heavy atom. The van der Waals surface area contributed by atoms with Gasteiger partial charge >= 0.3 is 0 Å². The number of carbonyl (C=O) groups is 2. The van der Waals surface area contributed by atoms with Crippen LogP contribution < -0.4 is 11.5 Å². The molecule has 1 aliphatic heterocycles. The molecule has 1 saturated heterocycles. The summed E-state index contributed by atoms with van der Waals surface area (Å²) in [6.07, 6.45) is 0. The molecule has 1 atom stereocenters. The van der Waals surface area contributed by atoms with Crippen LogP contribution in [-0.4, -0.2) is 42.5 Å². The van der Waals surface area contributed by atoms with Gasteiger partial charge in [-0.15, -0.1) is 0 Å². The van der Waals surface area contributed by atoms with Gasteiger partial charge in [-0.1, -0.05) is 11.6 Å². The summed E-state index contributed by atoms with van der Waals surface area (Å²) >= 11 is 5.81. The van der Waals surface area contributed by atoms with E-state index in [1.807, 2.05) is 0 Å². The molecule has 102 valence electrons. The fourth-order valence-electron chi connectivity index (χ4n) is 1.93. The molecule has 0 aliphatic carbocycles. The molecule has 4 N–H and O–H groups in total. The Balaban J connectivity index is 2.26. The lowest BCUT2D eigenvalue weighted by Crippen LogP contribution is -2.54. The maximum Gasteiger partial charge on any atom is 0.254 e. The van der Waals surface area contributed by atoms with Gasteiger partial charge < -0.3 is 21.1 Å². The molecule has 1 heterocycles. The molecule has 2 amide bonds. The minimum absolute atomic E-state index is 0.115. The Hall–Kier alpha value is -1.79. The van der Waals surface area contributed by atoms with E-state index in [2.05, 4.69) is 0 Å². The van der Waals surface area contributed by atoms with E-state index >= 15 is 0 Å². The molecule has 0 radical (unpaired) electrons. The van der Waals surface area contributed by atoms with Crippen LogP contribution in [0, 0.1) is 0 Å². The number of rotatable bonds is 2. The number of nitrogens with two attached hydrogens (primary N) is 2. The summed E-state index contributed by atoms with van der Waals surface area (Å²) in [6.45, 7) is 0.803. The van der Waals surface area contributed by atoms with Gasteiger partial charge in [0, 0.05) is 12.1 Å². The highest BCUT2D eigenvalue weighted by atomic mass is 35.5. The van der Waals surface area contributed by atoms with Crippen LogP contribution in [0.5, 0.6) is 0 Å². The van der Waals surface area contributed by atoms with Crippen molar-refractivity contribution < 1.29 is 14.3 Å². The van der Waals surface area contributed by atoms with Crippen LogP contribution in [0.25, 0.3) is 0 Å². The van der Waals surface area contributed by atoms with Gasteiger partial charge in [0.05, 0.1) is 23.9 Å². The molecule has 0 aromatic heterocycles. The number of anilines is 1. The van der Waals surface area contributed by atoms with Gasteiger partial charge in [-0.3, -0.25) is 9.59 Å². The van der Waals surface area contributed by atoms with Crippen LogP contribution in [-0.2, 0) is 9.53 Å². The van der Waals surface area contributed by atoms with Crippen LogP contribution in [0.1, 0.15) is 10.4 Å². The summed E-state index contributed by atoms with van der Waals surface area (Å²) in [4.78, 5) is 25.1. The number of ether oxygens (including phenoxy) is 1. The fraction of sp³-hybridized carbons (Fsp3) is 0.333. The molecule has 1 unspecified atom stereocenters. The monoisotopic (exact) mass is 283 g/mol. The number of nitrogens with zero attached hydrogens (tertiary/aromatic N) is 1. The molecular formula is C12H14ClN3O3. The van der Waals surface area contributed by atoms with E-state index in [9.17, 15) is 9.59 Å². The molecule has 1 aliphatic rings. The minimum Gasteiger partial charge on any atom is -0.398 e. The molecule has 19 heavy (non-hydrogen) atoms. The largest absolute Gasteiger partial charge is 0.398 e. The molecule has 1 fully saturated rings. The van der Waals surface area contributed by atoms with Crippen molar-refractivity contribution in [2.45, 2.75) is 6.04 Å². The highest BCUT2D eigenvalue weighted by Gasteiger charge is 2.32. The zero-order valence-electron chi connectivity index (χ0n) is 10.1. The first kappa shape index (κ1) is 13.6. The third-order valence-electron chi connectivity index (χ3n) is 2.96. The highest BCUT2D eigenvalue weighted by Crippen LogP contribution is 2.21. The van der Waals surface area contributed by atoms with Crippen LogP contribution in [0.2, 0.25) is 5.02 Å². The Labute approximate surface area is 115 Å². The van der Waals surface area contributed by atoms with Gasteiger partial charge in [0.25, 0.3) is 5.91 Å². The first-order valence-electron chi connectivity index (χ1n) is 5.73. The SMILES string of the molecule is NC(=O)C1COCCN1C(=O)c1ccc(Cl)c(N)c1. The number of hydrogen-bond donors (Lipinski definition) is 2. The van der Waals surface area contributed by atoms with E-state index in [-0.39, 0.29) is 12.5 Å². The number of nitrogen functional groups attached to an aromatic ring is 1. The standard InChI is InChI=1S/C12H14ClN3O3/c13-8-2-1-7(5-9(8)14)12(18)16-3-4-19-6-10(16)11(15)17/h1-2,5,10H,3-4,6,14H2,(H2,15,17). The van der Waals surface area contributed by atoms with E-state index in [4.69, 9.17) is 27.8 Å². The number of morpholine rings is 1. The number of hydrogen-bond acceptors (Lipinski definition) is 4. The van der Waals surface area contributed by atoms with Crippen molar-refractivity contribution in [1.29, 1.82) is 0 Å². The number of carbonyl (C=O) groups excluding carboxylic acids is 2. The summed E-state index contributed by atoms with van der Waals surface area (Å²) in [5.41, 5.74) is 11.6. The number of halogens is 1. The van der Waals surface area contributed by atoms with E-state index in [0.29, 0.717) is 29.4 Å². The van der Waals surface area contributed by atoms with Crippen LogP contribution in [0.4, 0.5) is 5.69 Å². The molecular weight excluding hydrogens is 270 g/mol. The number of primary amides is 1. The second kappa shape index (κ2) is 5.46. The number of amides is 2. The second-order valence-electron chi connectivity index (χ2n) is 4.23. The van der Waals surface area contributed by atoms with E-state index in [1.165, 1.54) is 11.0 Å². The minimum atomic E-state index is -0.752. The van der Waals surface area contributed by atoms with Crippen molar-refractivity contribution in [3.63, 3.8) is 0 Å². The topological polar surface area (TPSA) is 98.7 Å². The first-order valence-corrected chi connectivity index (χ1v) is 6.11. The van der Waals surface area contributed by atoms with Gasteiger partial charge in [0.15, 0.2) is 0 Å². The van der Waals surface area contributed by atoms with Gasteiger partial charge in [0.2, 0.25) is 5.91 Å². The lowest BCUT2D eigenvalue weighted by molar-refractivity contribution is -0.127. The van der Waals surface area contributed by atoms with Gasteiger partial charge in [-0.05, 0) is 18.2 Å². The van der Waals surface area contributed by atoms with Crippen molar-refractivity contribution in [1.82, 2.24) is 4.90 Å². The van der Waals surface area contributed by atoms with Crippen molar-refractivity contribution in [2.24, 2.45) is 5.73 Å². The fourth-order valence-corrected chi connectivity index (χ4v) is 2.04. The van der Waals surface area contributed by atoms with Gasteiger partial charge in [-0.2, -0.15) is 0 Å². The summed E-state index contributed by atoms with van der Waals surface area (Å²) < 4.78 is 5.16. The van der Waals surface area contributed by atoms with Gasteiger partial charge in [0.1, 0.15) is 6.04 Å². The molecule has 1 aromatic rings.